The summed E-state index contributed by atoms with van der Waals surface area (Å²) in [4.78, 5) is 4.45. The molecule has 0 aromatic heterocycles. The second kappa shape index (κ2) is 5.97. The number of hydrogen-bond acceptors (Lipinski definition) is 2. The van der Waals surface area contributed by atoms with E-state index in [1.54, 1.807) is 13.3 Å². The molecule has 1 aromatic rings. The number of rotatable bonds is 1. The van der Waals surface area contributed by atoms with Gasteiger partial charge in [0, 0.05) is 29.5 Å². The SMILES string of the molecule is COC1C=Nc2cc(Cl)ccc2C=C1C#C[Si](C)(C)C. The van der Waals surface area contributed by atoms with Gasteiger partial charge in [0.25, 0.3) is 0 Å². The van der Waals surface area contributed by atoms with Crippen molar-refractivity contribution in [2.45, 2.75) is 25.7 Å². The van der Waals surface area contributed by atoms with E-state index in [-0.39, 0.29) is 6.10 Å². The van der Waals surface area contributed by atoms with Crippen molar-refractivity contribution in [2.75, 3.05) is 7.11 Å². The van der Waals surface area contributed by atoms with Crippen LogP contribution in [0.1, 0.15) is 5.56 Å². The van der Waals surface area contributed by atoms with Gasteiger partial charge in [-0.1, -0.05) is 43.2 Å². The highest BCUT2D eigenvalue weighted by Crippen LogP contribution is 2.28. The number of aliphatic imine (C=N–C) groups is 1. The zero-order valence-corrected chi connectivity index (χ0v) is 14.0. The molecule has 0 spiro atoms. The molecule has 1 atom stereocenters. The van der Waals surface area contributed by atoms with Crippen LogP contribution in [0.3, 0.4) is 0 Å². The number of ether oxygens (including phenoxy) is 1. The predicted octanol–water partition coefficient (Wildman–Crippen LogP) is 4.34. The second-order valence-corrected chi connectivity index (χ2v) is 10.9. The number of methoxy groups -OCH3 is 1. The molecule has 1 aliphatic heterocycles. The Kier molecular flexibility index (Phi) is 4.49. The van der Waals surface area contributed by atoms with Gasteiger partial charge in [-0.05, 0) is 18.2 Å². The van der Waals surface area contributed by atoms with E-state index in [4.69, 9.17) is 16.3 Å². The Balaban J connectivity index is 2.49. The van der Waals surface area contributed by atoms with Crippen LogP contribution in [-0.2, 0) is 4.74 Å². The third-order valence-corrected chi connectivity index (χ3v) is 3.90. The molecule has 0 radical (unpaired) electrons. The summed E-state index contributed by atoms with van der Waals surface area (Å²) in [6.07, 6.45) is 3.62. The summed E-state index contributed by atoms with van der Waals surface area (Å²) in [5, 5.41) is 0.680. The molecule has 0 aliphatic carbocycles. The molecule has 4 heteroatoms. The topological polar surface area (TPSA) is 21.6 Å². The van der Waals surface area contributed by atoms with Crippen molar-refractivity contribution in [3.05, 3.63) is 34.4 Å². The standard InChI is InChI=1S/C16H18ClNOSi/c1-19-16-11-18-15-10-14(17)6-5-12(15)9-13(16)7-8-20(2,3)4/h5-6,9-11,16H,1-4H3. The summed E-state index contributed by atoms with van der Waals surface area (Å²) in [5.74, 6) is 3.28. The lowest BCUT2D eigenvalue weighted by Gasteiger charge is -2.10. The van der Waals surface area contributed by atoms with Gasteiger partial charge in [-0.2, -0.15) is 0 Å². The van der Waals surface area contributed by atoms with Crippen LogP contribution in [-0.4, -0.2) is 27.5 Å². The molecule has 0 bridgehead atoms. The smallest absolute Gasteiger partial charge is 0.129 e. The molecule has 0 N–H and O–H groups in total. The van der Waals surface area contributed by atoms with Gasteiger partial charge in [-0.3, -0.25) is 4.99 Å². The molecular weight excluding hydrogens is 286 g/mol. The maximum Gasteiger partial charge on any atom is 0.129 e. The van der Waals surface area contributed by atoms with E-state index >= 15 is 0 Å². The first-order valence-electron chi connectivity index (χ1n) is 6.50. The molecule has 0 saturated heterocycles. The first kappa shape index (κ1) is 15.1. The first-order valence-corrected chi connectivity index (χ1v) is 10.4. The van der Waals surface area contributed by atoms with Gasteiger partial charge < -0.3 is 4.74 Å². The lowest BCUT2D eigenvalue weighted by atomic mass is 10.1. The normalized spacial score (nSPS) is 17.6. The average molecular weight is 304 g/mol. The van der Waals surface area contributed by atoms with Crippen LogP contribution in [0, 0.1) is 11.5 Å². The van der Waals surface area contributed by atoms with Gasteiger partial charge in [0.1, 0.15) is 14.2 Å². The molecule has 1 aliphatic rings. The van der Waals surface area contributed by atoms with Crippen molar-refractivity contribution in [3.8, 4) is 11.5 Å². The first-order chi connectivity index (χ1) is 9.39. The van der Waals surface area contributed by atoms with E-state index in [9.17, 15) is 0 Å². The largest absolute Gasteiger partial charge is 0.370 e. The van der Waals surface area contributed by atoms with Crippen molar-refractivity contribution >= 4 is 37.7 Å². The van der Waals surface area contributed by atoms with Crippen molar-refractivity contribution in [3.63, 3.8) is 0 Å². The van der Waals surface area contributed by atoms with Crippen molar-refractivity contribution < 1.29 is 4.74 Å². The Labute approximate surface area is 126 Å². The quantitative estimate of drug-likeness (QED) is 0.559. The number of benzene rings is 1. The van der Waals surface area contributed by atoms with E-state index in [2.05, 4.69) is 36.1 Å². The Morgan fingerprint density at radius 3 is 2.70 bits per heavy atom. The summed E-state index contributed by atoms with van der Waals surface area (Å²) >= 11 is 6.01. The molecule has 1 unspecified atom stereocenters. The molecule has 1 aromatic carbocycles. The van der Waals surface area contributed by atoms with E-state index in [0.29, 0.717) is 5.02 Å². The fourth-order valence-electron chi connectivity index (χ4n) is 1.78. The summed E-state index contributed by atoms with van der Waals surface area (Å²) in [6.45, 7) is 6.67. The van der Waals surface area contributed by atoms with Crippen LogP contribution in [0.25, 0.3) is 6.08 Å². The van der Waals surface area contributed by atoms with Gasteiger partial charge in [0.05, 0.1) is 5.69 Å². The van der Waals surface area contributed by atoms with E-state index in [0.717, 1.165) is 16.8 Å². The second-order valence-electron chi connectivity index (χ2n) is 5.74. The fraction of sp³-hybridized carbons (Fsp3) is 0.312. The number of fused-ring (bicyclic) bond motifs is 1. The van der Waals surface area contributed by atoms with Crippen molar-refractivity contribution in [2.24, 2.45) is 4.99 Å². The molecule has 0 amide bonds. The number of nitrogens with zero attached hydrogens (tertiary/aromatic N) is 1. The zero-order chi connectivity index (χ0) is 14.8. The Bertz CT molecular complexity index is 632. The van der Waals surface area contributed by atoms with Crippen molar-refractivity contribution in [1.82, 2.24) is 0 Å². The lowest BCUT2D eigenvalue weighted by Crippen LogP contribution is -2.18. The molecular formula is C16H18ClNOSi. The highest BCUT2D eigenvalue weighted by molar-refractivity contribution is 6.83. The molecule has 2 nitrogen and oxygen atoms in total. The van der Waals surface area contributed by atoms with Gasteiger partial charge in [-0.15, -0.1) is 5.54 Å². The minimum absolute atomic E-state index is 0.204. The Morgan fingerprint density at radius 1 is 1.30 bits per heavy atom. The highest BCUT2D eigenvalue weighted by atomic mass is 35.5. The minimum atomic E-state index is -1.42. The monoisotopic (exact) mass is 303 g/mol. The van der Waals surface area contributed by atoms with Crippen LogP contribution >= 0.6 is 11.6 Å². The highest BCUT2D eigenvalue weighted by Gasteiger charge is 2.15. The Hall–Kier alpha value is -1.34. The predicted molar refractivity (Wildman–Crippen MR) is 89.5 cm³/mol. The third kappa shape index (κ3) is 3.83. The maximum atomic E-state index is 6.01. The summed E-state index contributed by atoms with van der Waals surface area (Å²) < 4.78 is 5.47. The van der Waals surface area contributed by atoms with Crippen molar-refractivity contribution in [1.29, 1.82) is 0 Å². The molecule has 104 valence electrons. The van der Waals surface area contributed by atoms with E-state index in [1.807, 2.05) is 24.3 Å². The molecule has 20 heavy (non-hydrogen) atoms. The molecule has 0 saturated carbocycles. The van der Waals surface area contributed by atoms with Crippen LogP contribution < -0.4 is 0 Å². The minimum Gasteiger partial charge on any atom is -0.370 e. The average Bonchev–Trinajstić information content (AvgIpc) is 2.54. The van der Waals surface area contributed by atoms with Gasteiger partial charge in [-0.25, -0.2) is 0 Å². The molecule has 2 rings (SSSR count). The Morgan fingerprint density at radius 2 is 2.05 bits per heavy atom. The molecule has 1 heterocycles. The van der Waals surface area contributed by atoms with Gasteiger partial charge >= 0.3 is 0 Å². The van der Waals surface area contributed by atoms with E-state index in [1.165, 1.54) is 0 Å². The van der Waals surface area contributed by atoms with Crippen LogP contribution in [0.4, 0.5) is 5.69 Å². The van der Waals surface area contributed by atoms with Crippen LogP contribution in [0.5, 0.6) is 0 Å². The summed E-state index contributed by atoms with van der Waals surface area (Å²) in [5.41, 5.74) is 6.19. The van der Waals surface area contributed by atoms with Crippen LogP contribution in [0.15, 0.2) is 28.8 Å². The zero-order valence-electron chi connectivity index (χ0n) is 12.2. The molecule has 0 fully saturated rings. The number of halogens is 1. The number of hydrogen-bond donors (Lipinski definition) is 0. The fourth-order valence-corrected chi connectivity index (χ4v) is 2.47. The summed E-state index contributed by atoms with van der Waals surface area (Å²) in [7, 11) is 0.247. The summed E-state index contributed by atoms with van der Waals surface area (Å²) in [6, 6.07) is 5.68. The lowest BCUT2D eigenvalue weighted by molar-refractivity contribution is 0.190. The van der Waals surface area contributed by atoms with Crippen LogP contribution in [0.2, 0.25) is 24.7 Å². The van der Waals surface area contributed by atoms with Gasteiger partial charge in [0.15, 0.2) is 0 Å². The maximum absolute atomic E-state index is 6.01. The third-order valence-electron chi connectivity index (χ3n) is 2.79. The van der Waals surface area contributed by atoms with E-state index < -0.39 is 8.07 Å². The van der Waals surface area contributed by atoms with Gasteiger partial charge in [0.2, 0.25) is 0 Å².